The summed E-state index contributed by atoms with van der Waals surface area (Å²) in [7, 11) is 1.13. The molecule has 0 heterocycles. The number of nitrogens with one attached hydrogen (secondary N) is 1. The topological polar surface area (TPSA) is 119 Å². The summed E-state index contributed by atoms with van der Waals surface area (Å²) in [6.45, 7) is 1.41. The van der Waals surface area contributed by atoms with Crippen LogP contribution in [0.4, 0.5) is 0 Å². The summed E-state index contributed by atoms with van der Waals surface area (Å²) in [6.07, 6.45) is -0.426. The second-order valence-electron chi connectivity index (χ2n) is 2.97. The number of esters is 1. The molecule has 0 fully saturated rings. The summed E-state index contributed by atoms with van der Waals surface area (Å²) in [5.41, 5.74) is 5.23. The van der Waals surface area contributed by atoms with Gasteiger partial charge in [-0.15, -0.1) is 12.4 Å². The summed E-state index contributed by atoms with van der Waals surface area (Å²) < 4.78 is 4.29. The normalized spacial score (nSPS) is 12.9. The maximum atomic E-state index is 11.1. The van der Waals surface area contributed by atoms with Crippen LogP contribution >= 0.6 is 12.4 Å². The zero-order valence-corrected chi connectivity index (χ0v) is 9.74. The Morgan fingerprint density at radius 2 is 1.94 bits per heavy atom. The average Bonchev–Trinajstić information content (AvgIpc) is 2.15. The molecular weight excluding hydrogens is 240 g/mol. The Balaban J connectivity index is 0. The molecule has 0 bridgehead atoms. The number of carboxylic acid groups (broad SMARTS) is 1. The predicted octanol–water partition coefficient (Wildman–Crippen LogP) is -1.11. The Kier molecular flexibility index (Phi) is 8.41. The number of aliphatic carboxylic acids is 1. The molecule has 7 nitrogen and oxygen atoms in total. The van der Waals surface area contributed by atoms with Crippen LogP contribution in [0, 0.1) is 0 Å². The lowest BCUT2D eigenvalue weighted by atomic mass is 10.2. The number of halogens is 1. The highest BCUT2D eigenvalue weighted by Crippen LogP contribution is 1.95. The number of methoxy groups -OCH3 is 1. The van der Waals surface area contributed by atoms with Crippen LogP contribution in [0.25, 0.3) is 0 Å². The summed E-state index contributed by atoms with van der Waals surface area (Å²) in [6, 6.07) is -2.14. The first-order valence-corrected chi connectivity index (χ1v) is 4.24. The van der Waals surface area contributed by atoms with Crippen LogP contribution in [-0.2, 0) is 19.1 Å². The zero-order valence-electron chi connectivity index (χ0n) is 8.93. The van der Waals surface area contributed by atoms with E-state index in [0.717, 1.165) is 7.11 Å². The van der Waals surface area contributed by atoms with Crippen molar-refractivity contribution in [1.82, 2.24) is 5.32 Å². The number of hydrogen-bond donors (Lipinski definition) is 3. The van der Waals surface area contributed by atoms with E-state index in [1.165, 1.54) is 6.92 Å². The van der Waals surface area contributed by atoms with Crippen molar-refractivity contribution < 1.29 is 24.2 Å². The van der Waals surface area contributed by atoms with E-state index in [2.05, 4.69) is 10.1 Å². The van der Waals surface area contributed by atoms with Gasteiger partial charge in [0.2, 0.25) is 5.91 Å². The average molecular weight is 255 g/mol. The summed E-state index contributed by atoms with van der Waals surface area (Å²) in [5.74, 6) is -2.66. The first kappa shape index (κ1) is 17.1. The van der Waals surface area contributed by atoms with Crippen molar-refractivity contribution in [2.24, 2.45) is 5.73 Å². The Bertz CT molecular complexity index is 269. The van der Waals surface area contributed by atoms with Crippen molar-refractivity contribution >= 4 is 30.3 Å². The van der Waals surface area contributed by atoms with Crippen LogP contribution in [0.5, 0.6) is 0 Å². The van der Waals surface area contributed by atoms with Gasteiger partial charge in [0, 0.05) is 0 Å². The van der Waals surface area contributed by atoms with Crippen molar-refractivity contribution in [3.8, 4) is 0 Å². The molecule has 2 atom stereocenters. The van der Waals surface area contributed by atoms with Crippen molar-refractivity contribution in [2.75, 3.05) is 7.11 Å². The molecule has 0 spiro atoms. The van der Waals surface area contributed by atoms with Crippen LogP contribution in [0.1, 0.15) is 13.3 Å². The van der Waals surface area contributed by atoms with E-state index in [4.69, 9.17) is 10.8 Å². The third kappa shape index (κ3) is 6.20. The molecule has 1 unspecified atom stereocenters. The number of carbonyl (C=O) groups excluding carboxylic acids is 2. The molecule has 0 saturated heterocycles. The second kappa shape index (κ2) is 7.89. The number of rotatable bonds is 5. The molecule has 4 N–H and O–H groups in total. The second-order valence-corrected chi connectivity index (χ2v) is 2.97. The Hall–Kier alpha value is -1.34. The highest BCUT2D eigenvalue weighted by molar-refractivity contribution is 5.89. The molecule has 1 amide bonds. The summed E-state index contributed by atoms with van der Waals surface area (Å²) >= 11 is 0. The van der Waals surface area contributed by atoms with E-state index in [1.807, 2.05) is 0 Å². The number of hydrogen-bond acceptors (Lipinski definition) is 5. The molecular formula is C8H15ClN2O5. The first-order valence-electron chi connectivity index (χ1n) is 4.24. The number of amides is 1. The van der Waals surface area contributed by atoms with Gasteiger partial charge in [-0.25, -0.2) is 4.79 Å². The minimum atomic E-state index is -1.31. The number of carboxylic acids is 1. The van der Waals surface area contributed by atoms with Gasteiger partial charge >= 0.3 is 11.9 Å². The lowest BCUT2D eigenvalue weighted by molar-refractivity contribution is -0.148. The van der Waals surface area contributed by atoms with E-state index in [-0.39, 0.29) is 12.4 Å². The van der Waals surface area contributed by atoms with Crippen molar-refractivity contribution in [1.29, 1.82) is 0 Å². The number of nitrogens with two attached hydrogens (primary N) is 1. The standard InChI is InChI=1S/C8H14N2O5.ClH/c1-4(9)7(12)10-5(8(13)14)3-6(11)15-2;/h4-5H,3,9H2,1-2H3,(H,10,12)(H,13,14);1H/t4-,5?;/m0./s1. The predicted molar refractivity (Wildman–Crippen MR) is 57.1 cm³/mol. The van der Waals surface area contributed by atoms with E-state index >= 15 is 0 Å². The summed E-state index contributed by atoms with van der Waals surface area (Å²) in [4.78, 5) is 32.5. The van der Waals surface area contributed by atoms with Gasteiger partial charge in [0.1, 0.15) is 6.04 Å². The van der Waals surface area contributed by atoms with E-state index in [1.54, 1.807) is 0 Å². The van der Waals surface area contributed by atoms with Gasteiger partial charge in [-0.1, -0.05) is 0 Å². The molecule has 0 aliphatic heterocycles. The Morgan fingerprint density at radius 3 is 2.25 bits per heavy atom. The molecule has 94 valence electrons. The fraction of sp³-hybridized carbons (Fsp3) is 0.625. The minimum absolute atomic E-state index is 0. The SMILES string of the molecule is COC(=O)CC(NC(=O)[C@H](C)N)C(=O)O.Cl. The summed E-state index contributed by atoms with van der Waals surface area (Å²) in [5, 5.41) is 10.8. The van der Waals surface area contributed by atoms with Crippen LogP contribution in [0.3, 0.4) is 0 Å². The smallest absolute Gasteiger partial charge is 0.326 e. The highest BCUT2D eigenvalue weighted by atomic mass is 35.5. The highest BCUT2D eigenvalue weighted by Gasteiger charge is 2.24. The first-order chi connectivity index (χ1) is 6.88. The fourth-order valence-electron chi connectivity index (χ4n) is 0.753. The van der Waals surface area contributed by atoms with E-state index in [9.17, 15) is 14.4 Å². The van der Waals surface area contributed by atoms with Crippen LogP contribution in [-0.4, -0.2) is 42.1 Å². The van der Waals surface area contributed by atoms with Gasteiger partial charge in [-0.05, 0) is 6.92 Å². The maximum absolute atomic E-state index is 11.1. The van der Waals surface area contributed by atoms with Gasteiger partial charge in [0.25, 0.3) is 0 Å². The molecule has 0 aliphatic carbocycles. The van der Waals surface area contributed by atoms with Gasteiger partial charge in [-0.2, -0.15) is 0 Å². The van der Waals surface area contributed by atoms with Gasteiger partial charge in [0.05, 0.1) is 19.6 Å². The van der Waals surface area contributed by atoms with Crippen molar-refractivity contribution in [3.63, 3.8) is 0 Å². The molecule has 0 rings (SSSR count). The van der Waals surface area contributed by atoms with Gasteiger partial charge < -0.3 is 20.9 Å². The molecule has 16 heavy (non-hydrogen) atoms. The molecule has 0 aliphatic rings. The van der Waals surface area contributed by atoms with Gasteiger partial charge in [-0.3, -0.25) is 9.59 Å². The third-order valence-corrected chi connectivity index (χ3v) is 1.63. The van der Waals surface area contributed by atoms with E-state index in [0.29, 0.717) is 0 Å². The van der Waals surface area contributed by atoms with Crippen molar-refractivity contribution in [2.45, 2.75) is 25.4 Å². The Labute approximate surface area is 98.7 Å². The number of carbonyl (C=O) groups is 3. The van der Waals surface area contributed by atoms with Crippen LogP contribution < -0.4 is 11.1 Å². The number of ether oxygens (including phenoxy) is 1. The molecule has 0 aromatic carbocycles. The molecule has 0 aromatic rings. The molecule has 0 radical (unpaired) electrons. The fourth-order valence-corrected chi connectivity index (χ4v) is 0.753. The monoisotopic (exact) mass is 254 g/mol. The Morgan fingerprint density at radius 1 is 1.44 bits per heavy atom. The largest absolute Gasteiger partial charge is 0.480 e. The molecule has 8 heteroatoms. The third-order valence-electron chi connectivity index (χ3n) is 1.63. The molecule has 0 aromatic heterocycles. The maximum Gasteiger partial charge on any atom is 0.326 e. The minimum Gasteiger partial charge on any atom is -0.480 e. The van der Waals surface area contributed by atoms with Crippen LogP contribution in [0.2, 0.25) is 0 Å². The zero-order chi connectivity index (χ0) is 12.0. The lowest BCUT2D eigenvalue weighted by Crippen LogP contribution is -2.48. The van der Waals surface area contributed by atoms with Crippen molar-refractivity contribution in [3.05, 3.63) is 0 Å². The quantitative estimate of drug-likeness (QED) is 0.535. The van der Waals surface area contributed by atoms with Gasteiger partial charge in [0.15, 0.2) is 0 Å². The lowest BCUT2D eigenvalue weighted by Gasteiger charge is -2.14. The van der Waals surface area contributed by atoms with Crippen LogP contribution in [0.15, 0.2) is 0 Å². The van der Waals surface area contributed by atoms with E-state index < -0.39 is 36.4 Å². The molecule has 0 saturated carbocycles.